The van der Waals surface area contributed by atoms with Gasteiger partial charge in [0.25, 0.3) is 0 Å². The van der Waals surface area contributed by atoms with Gasteiger partial charge >= 0.3 is 5.97 Å². The Labute approximate surface area is 132 Å². The summed E-state index contributed by atoms with van der Waals surface area (Å²) in [6.07, 6.45) is 1.10. The zero-order chi connectivity index (χ0) is 14.8. The Balaban J connectivity index is 1.82. The fraction of sp³-hybridized carbons (Fsp3) is 0.235. The van der Waals surface area contributed by atoms with Crippen molar-refractivity contribution in [3.05, 3.63) is 64.1 Å². The molecule has 0 aliphatic carbocycles. The van der Waals surface area contributed by atoms with Crippen molar-refractivity contribution in [2.24, 2.45) is 0 Å². The van der Waals surface area contributed by atoms with Gasteiger partial charge in [-0.3, -0.25) is 0 Å². The molecule has 2 aromatic rings. The number of benzene rings is 2. The fourth-order valence-corrected chi connectivity index (χ4v) is 3.35. The Bertz CT molecular complexity index is 657. The van der Waals surface area contributed by atoms with Crippen molar-refractivity contribution in [2.75, 3.05) is 18.0 Å². The zero-order valence-corrected chi connectivity index (χ0v) is 13.1. The predicted molar refractivity (Wildman–Crippen MR) is 87.1 cm³/mol. The maximum Gasteiger partial charge on any atom is 0.335 e. The van der Waals surface area contributed by atoms with Crippen molar-refractivity contribution in [1.82, 2.24) is 0 Å². The third-order valence-electron chi connectivity index (χ3n) is 3.95. The molecule has 1 fully saturated rings. The van der Waals surface area contributed by atoms with Crippen molar-refractivity contribution in [2.45, 2.75) is 12.3 Å². The fourth-order valence-electron chi connectivity index (χ4n) is 2.87. The van der Waals surface area contributed by atoms with Crippen LogP contribution in [0.3, 0.4) is 0 Å². The van der Waals surface area contributed by atoms with Crippen LogP contribution in [0.5, 0.6) is 0 Å². The van der Waals surface area contributed by atoms with E-state index in [0.29, 0.717) is 11.5 Å². The van der Waals surface area contributed by atoms with Crippen molar-refractivity contribution >= 4 is 27.6 Å². The first-order chi connectivity index (χ1) is 10.1. The van der Waals surface area contributed by atoms with E-state index < -0.39 is 5.97 Å². The first kappa shape index (κ1) is 14.1. The van der Waals surface area contributed by atoms with E-state index in [2.05, 4.69) is 45.1 Å². The highest BCUT2D eigenvalue weighted by molar-refractivity contribution is 9.10. The first-order valence-corrected chi connectivity index (χ1v) is 7.76. The van der Waals surface area contributed by atoms with Crippen LogP contribution in [-0.4, -0.2) is 24.2 Å². The largest absolute Gasteiger partial charge is 0.478 e. The summed E-state index contributed by atoms with van der Waals surface area (Å²) in [5.41, 5.74) is 2.65. The Morgan fingerprint density at radius 1 is 1.19 bits per heavy atom. The minimum Gasteiger partial charge on any atom is -0.478 e. The Kier molecular flexibility index (Phi) is 3.97. The topological polar surface area (TPSA) is 40.5 Å². The smallest absolute Gasteiger partial charge is 0.335 e. The molecule has 0 spiro atoms. The van der Waals surface area contributed by atoms with Crippen molar-refractivity contribution < 1.29 is 9.90 Å². The molecule has 0 radical (unpaired) electrons. The lowest BCUT2D eigenvalue weighted by Crippen LogP contribution is -2.19. The van der Waals surface area contributed by atoms with Crippen LogP contribution in [-0.2, 0) is 0 Å². The average Bonchev–Trinajstić information content (AvgIpc) is 2.97. The van der Waals surface area contributed by atoms with Gasteiger partial charge in [0.2, 0.25) is 0 Å². The number of carboxylic acids is 1. The third-order valence-corrected chi connectivity index (χ3v) is 4.41. The van der Waals surface area contributed by atoms with Gasteiger partial charge in [-0.25, -0.2) is 4.79 Å². The van der Waals surface area contributed by atoms with Crippen LogP contribution in [0.2, 0.25) is 0 Å². The number of carbonyl (C=O) groups is 1. The summed E-state index contributed by atoms with van der Waals surface area (Å²) in [4.78, 5) is 13.4. The quantitative estimate of drug-likeness (QED) is 0.908. The molecule has 3 rings (SSSR count). The Morgan fingerprint density at radius 2 is 1.95 bits per heavy atom. The molecule has 0 amide bonds. The number of aromatic carboxylic acids is 1. The SMILES string of the molecule is O=C(O)c1cc(Br)cc(N2CCC(c3ccccc3)C2)c1. The van der Waals surface area contributed by atoms with E-state index in [1.165, 1.54) is 5.56 Å². The summed E-state index contributed by atoms with van der Waals surface area (Å²) < 4.78 is 0.806. The molecule has 0 saturated carbocycles. The molecule has 21 heavy (non-hydrogen) atoms. The van der Waals surface area contributed by atoms with Crippen LogP contribution in [0.1, 0.15) is 28.3 Å². The minimum atomic E-state index is -0.892. The highest BCUT2D eigenvalue weighted by atomic mass is 79.9. The summed E-state index contributed by atoms with van der Waals surface area (Å²) in [5, 5.41) is 9.17. The molecule has 1 heterocycles. The molecular formula is C17H16BrNO2. The number of hydrogen-bond donors (Lipinski definition) is 1. The molecule has 1 aliphatic rings. The van der Waals surface area contributed by atoms with Crippen molar-refractivity contribution in [1.29, 1.82) is 0 Å². The molecular weight excluding hydrogens is 330 g/mol. The van der Waals surface area contributed by atoms with Crippen LogP contribution in [0.4, 0.5) is 5.69 Å². The van der Waals surface area contributed by atoms with E-state index >= 15 is 0 Å². The maximum absolute atomic E-state index is 11.2. The van der Waals surface area contributed by atoms with Crippen LogP contribution in [0.15, 0.2) is 53.0 Å². The van der Waals surface area contributed by atoms with Gasteiger partial charge in [0, 0.05) is 29.2 Å². The van der Waals surface area contributed by atoms with Gasteiger partial charge < -0.3 is 10.0 Å². The third kappa shape index (κ3) is 3.10. The van der Waals surface area contributed by atoms with Gasteiger partial charge in [-0.15, -0.1) is 0 Å². The van der Waals surface area contributed by atoms with Gasteiger partial charge in [-0.1, -0.05) is 46.3 Å². The van der Waals surface area contributed by atoms with E-state index in [1.807, 2.05) is 12.1 Å². The van der Waals surface area contributed by atoms with E-state index in [4.69, 9.17) is 5.11 Å². The number of anilines is 1. The number of nitrogens with zero attached hydrogens (tertiary/aromatic N) is 1. The first-order valence-electron chi connectivity index (χ1n) is 6.97. The average molecular weight is 346 g/mol. The van der Waals surface area contributed by atoms with Crippen LogP contribution < -0.4 is 4.90 Å². The Hall–Kier alpha value is -1.81. The molecule has 1 atom stereocenters. The molecule has 1 aliphatic heterocycles. The van der Waals surface area contributed by atoms with E-state index in [9.17, 15) is 4.79 Å². The summed E-state index contributed by atoms with van der Waals surface area (Å²) in [7, 11) is 0. The lowest BCUT2D eigenvalue weighted by molar-refractivity contribution is 0.0697. The molecule has 2 aromatic carbocycles. The van der Waals surface area contributed by atoms with Gasteiger partial charge in [-0.2, -0.15) is 0 Å². The summed E-state index contributed by atoms with van der Waals surface area (Å²) in [6.45, 7) is 1.88. The molecule has 0 bridgehead atoms. The zero-order valence-electron chi connectivity index (χ0n) is 11.5. The van der Waals surface area contributed by atoms with Crippen molar-refractivity contribution in [3.8, 4) is 0 Å². The van der Waals surface area contributed by atoms with Gasteiger partial charge in [0.05, 0.1) is 5.56 Å². The summed E-state index contributed by atoms with van der Waals surface area (Å²) in [6, 6.07) is 15.9. The molecule has 1 N–H and O–H groups in total. The highest BCUT2D eigenvalue weighted by Gasteiger charge is 2.24. The van der Waals surface area contributed by atoms with Crippen LogP contribution in [0, 0.1) is 0 Å². The van der Waals surface area contributed by atoms with Crippen LogP contribution >= 0.6 is 15.9 Å². The Morgan fingerprint density at radius 3 is 2.67 bits per heavy atom. The standard InChI is InChI=1S/C17H16BrNO2/c18-15-8-14(17(20)21)9-16(10-15)19-7-6-13(11-19)12-4-2-1-3-5-12/h1-5,8-10,13H,6-7,11H2,(H,20,21). The number of hydrogen-bond acceptors (Lipinski definition) is 2. The molecule has 0 aromatic heterocycles. The lowest BCUT2D eigenvalue weighted by atomic mass is 9.99. The molecule has 108 valence electrons. The van der Waals surface area contributed by atoms with E-state index in [-0.39, 0.29) is 0 Å². The summed E-state index contributed by atoms with van der Waals surface area (Å²) >= 11 is 3.40. The van der Waals surface area contributed by atoms with Gasteiger partial charge in [0.1, 0.15) is 0 Å². The molecule has 1 unspecified atom stereocenters. The second-order valence-electron chi connectivity index (χ2n) is 5.35. The maximum atomic E-state index is 11.2. The lowest BCUT2D eigenvalue weighted by Gasteiger charge is -2.20. The minimum absolute atomic E-state index is 0.322. The van der Waals surface area contributed by atoms with Crippen LogP contribution in [0.25, 0.3) is 0 Å². The number of halogens is 1. The van der Waals surface area contributed by atoms with Crippen molar-refractivity contribution in [3.63, 3.8) is 0 Å². The van der Waals surface area contributed by atoms with E-state index in [0.717, 1.165) is 29.7 Å². The second-order valence-corrected chi connectivity index (χ2v) is 6.26. The normalized spacial score (nSPS) is 18.0. The molecule has 1 saturated heterocycles. The highest BCUT2D eigenvalue weighted by Crippen LogP contribution is 2.32. The van der Waals surface area contributed by atoms with Gasteiger partial charge in [0.15, 0.2) is 0 Å². The predicted octanol–water partition coefficient (Wildman–Crippen LogP) is 4.14. The second kappa shape index (κ2) is 5.90. The molecule has 3 nitrogen and oxygen atoms in total. The monoisotopic (exact) mass is 345 g/mol. The van der Waals surface area contributed by atoms with Gasteiger partial charge in [-0.05, 0) is 30.2 Å². The summed E-state index contributed by atoms with van der Waals surface area (Å²) in [5.74, 6) is -0.380. The van der Waals surface area contributed by atoms with E-state index in [1.54, 1.807) is 12.1 Å². The number of carboxylic acid groups (broad SMARTS) is 1. The molecule has 4 heteroatoms. The number of rotatable bonds is 3.